The Bertz CT molecular complexity index is 550. The number of halogens is 2. The standard InChI is InChI=1S/C11H16Cl2N2O3S/c1-3-11(2,16)6-15-19(17,18)10-8(12)4-7(14)5-9(10)13/h4-5,15-16H,3,6,14H2,1-2H3. The van der Waals surface area contributed by atoms with Crippen LogP contribution in [0.4, 0.5) is 5.69 Å². The molecular formula is C11H16Cl2N2O3S. The molecule has 0 amide bonds. The number of hydrogen-bond donors (Lipinski definition) is 3. The van der Waals surface area contributed by atoms with Gasteiger partial charge < -0.3 is 10.8 Å². The summed E-state index contributed by atoms with van der Waals surface area (Å²) in [6, 6.07) is 2.61. The van der Waals surface area contributed by atoms with Gasteiger partial charge in [0.25, 0.3) is 0 Å². The molecule has 1 rings (SSSR count). The molecule has 0 radical (unpaired) electrons. The van der Waals surface area contributed by atoms with Crippen LogP contribution in [0.5, 0.6) is 0 Å². The lowest BCUT2D eigenvalue weighted by Gasteiger charge is -2.22. The van der Waals surface area contributed by atoms with Crippen LogP contribution < -0.4 is 10.5 Å². The summed E-state index contributed by atoms with van der Waals surface area (Å²) in [4.78, 5) is -0.239. The molecule has 4 N–H and O–H groups in total. The predicted molar refractivity (Wildman–Crippen MR) is 77.0 cm³/mol. The molecule has 5 nitrogen and oxygen atoms in total. The Kier molecular flexibility index (Phi) is 5.08. The van der Waals surface area contributed by atoms with Gasteiger partial charge in [-0.15, -0.1) is 0 Å². The summed E-state index contributed by atoms with van der Waals surface area (Å²) in [7, 11) is -3.91. The van der Waals surface area contributed by atoms with Gasteiger partial charge in [-0.05, 0) is 25.5 Å². The van der Waals surface area contributed by atoms with Gasteiger partial charge in [-0.3, -0.25) is 0 Å². The predicted octanol–water partition coefficient (Wildman–Crippen LogP) is 2.01. The second-order valence-corrected chi connectivity index (χ2v) is 7.01. The lowest BCUT2D eigenvalue weighted by atomic mass is 10.1. The molecular weight excluding hydrogens is 311 g/mol. The van der Waals surface area contributed by atoms with Crippen LogP contribution in [-0.2, 0) is 10.0 Å². The largest absolute Gasteiger partial charge is 0.399 e. The van der Waals surface area contributed by atoms with E-state index in [0.717, 1.165) is 0 Å². The smallest absolute Gasteiger partial charge is 0.243 e. The van der Waals surface area contributed by atoms with E-state index in [1.165, 1.54) is 19.1 Å². The fraction of sp³-hybridized carbons (Fsp3) is 0.455. The molecule has 0 spiro atoms. The van der Waals surface area contributed by atoms with Gasteiger partial charge >= 0.3 is 0 Å². The highest BCUT2D eigenvalue weighted by Gasteiger charge is 2.26. The highest BCUT2D eigenvalue weighted by atomic mass is 35.5. The van der Waals surface area contributed by atoms with Crippen molar-refractivity contribution in [3.63, 3.8) is 0 Å². The third-order valence-corrected chi connectivity index (χ3v) is 5.02. The van der Waals surface area contributed by atoms with E-state index in [0.29, 0.717) is 6.42 Å². The van der Waals surface area contributed by atoms with Crippen LogP contribution in [-0.4, -0.2) is 25.7 Å². The lowest BCUT2D eigenvalue weighted by molar-refractivity contribution is 0.0613. The molecule has 0 aliphatic heterocycles. The molecule has 0 heterocycles. The molecule has 1 atom stereocenters. The first kappa shape index (κ1) is 16.5. The van der Waals surface area contributed by atoms with Crippen molar-refractivity contribution in [1.82, 2.24) is 4.72 Å². The Morgan fingerprint density at radius 1 is 1.37 bits per heavy atom. The van der Waals surface area contributed by atoms with E-state index in [4.69, 9.17) is 28.9 Å². The van der Waals surface area contributed by atoms with E-state index in [2.05, 4.69) is 4.72 Å². The molecule has 1 aromatic rings. The van der Waals surface area contributed by atoms with Gasteiger partial charge in [-0.25, -0.2) is 13.1 Å². The number of nitrogens with one attached hydrogen (secondary N) is 1. The van der Waals surface area contributed by atoms with Crippen molar-refractivity contribution in [2.45, 2.75) is 30.8 Å². The molecule has 1 aromatic carbocycles. The average molecular weight is 327 g/mol. The van der Waals surface area contributed by atoms with Gasteiger partial charge in [-0.1, -0.05) is 30.1 Å². The van der Waals surface area contributed by atoms with Crippen molar-refractivity contribution in [3.8, 4) is 0 Å². The second kappa shape index (κ2) is 5.85. The van der Waals surface area contributed by atoms with Gasteiger partial charge in [0.05, 0.1) is 15.6 Å². The number of anilines is 1. The molecule has 0 saturated heterocycles. The van der Waals surface area contributed by atoms with Gasteiger partial charge in [0, 0.05) is 12.2 Å². The van der Waals surface area contributed by atoms with Crippen molar-refractivity contribution in [1.29, 1.82) is 0 Å². The van der Waals surface area contributed by atoms with Crippen molar-refractivity contribution >= 4 is 38.9 Å². The zero-order chi connectivity index (χ0) is 14.8. The number of aliphatic hydroxyl groups is 1. The molecule has 0 saturated carbocycles. The molecule has 1 unspecified atom stereocenters. The summed E-state index contributed by atoms with van der Waals surface area (Å²) in [6.45, 7) is 3.14. The fourth-order valence-corrected chi connectivity index (χ4v) is 3.67. The quantitative estimate of drug-likeness (QED) is 0.721. The van der Waals surface area contributed by atoms with Crippen LogP contribution in [0.2, 0.25) is 10.0 Å². The first-order chi connectivity index (χ1) is 8.59. The van der Waals surface area contributed by atoms with Gasteiger partial charge in [0.1, 0.15) is 4.90 Å². The van der Waals surface area contributed by atoms with Crippen molar-refractivity contribution < 1.29 is 13.5 Å². The second-order valence-electron chi connectivity index (χ2n) is 4.49. The summed E-state index contributed by atoms with van der Waals surface area (Å²) in [6.07, 6.45) is 0.402. The molecule has 0 fully saturated rings. The van der Waals surface area contributed by atoms with Crippen molar-refractivity contribution in [2.24, 2.45) is 0 Å². The van der Waals surface area contributed by atoms with Crippen molar-refractivity contribution in [3.05, 3.63) is 22.2 Å². The summed E-state index contributed by atoms with van der Waals surface area (Å²) in [5.41, 5.74) is 4.65. The van der Waals surface area contributed by atoms with Crippen molar-refractivity contribution in [2.75, 3.05) is 12.3 Å². The molecule has 8 heteroatoms. The van der Waals surface area contributed by atoms with E-state index in [9.17, 15) is 13.5 Å². The van der Waals surface area contributed by atoms with Gasteiger partial charge in [0.15, 0.2) is 0 Å². The van der Waals surface area contributed by atoms with Gasteiger partial charge in [-0.2, -0.15) is 0 Å². The number of rotatable bonds is 5. The van der Waals surface area contributed by atoms with E-state index in [1.54, 1.807) is 6.92 Å². The average Bonchev–Trinajstić information content (AvgIpc) is 2.25. The van der Waals surface area contributed by atoms with E-state index >= 15 is 0 Å². The molecule has 108 valence electrons. The van der Waals surface area contributed by atoms with Crippen LogP contribution in [0.3, 0.4) is 0 Å². The Balaban J connectivity index is 3.09. The Labute approximate surface area is 122 Å². The Morgan fingerprint density at radius 2 is 1.84 bits per heavy atom. The van der Waals surface area contributed by atoms with Crippen LogP contribution in [0.25, 0.3) is 0 Å². The number of hydrogen-bond acceptors (Lipinski definition) is 4. The molecule has 19 heavy (non-hydrogen) atoms. The lowest BCUT2D eigenvalue weighted by Crippen LogP contribution is -2.40. The Morgan fingerprint density at radius 3 is 2.26 bits per heavy atom. The number of benzene rings is 1. The third-order valence-electron chi connectivity index (χ3n) is 2.69. The molecule has 0 aromatic heterocycles. The first-order valence-electron chi connectivity index (χ1n) is 5.55. The fourth-order valence-electron chi connectivity index (χ4n) is 1.28. The SMILES string of the molecule is CCC(C)(O)CNS(=O)(=O)c1c(Cl)cc(N)cc1Cl. The minimum absolute atomic E-state index is 0.0614. The molecule has 0 aliphatic carbocycles. The maximum absolute atomic E-state index is 12.1. The monoisotopic (exact) mass is 326 g/mol. The molecule has 0 aliphatic rings. The zero-order valence-corrected chi connectivity index (χ0v) is 12.9. The minimum Gasteiger partial charge on any atom is -0.399 e. The van der Waals surface area contributed by atoms with Crippen LogP contribution in [0.1, 0.15) is 20.3 Å². The normalized spacial score (nSPS) is 15.2. The van der Waals surface area contributed by atoms with E-state index in [1.807, 2.05) is 0 Å². The zero-order valence-electron chi connectivity index (χ0n) is 10.6. The van der Waals surface area contributed by atoms with E-state index in [-0.39, 0.29) is 27.2 Å². The summed E-state index contributed by atoms with van der Waals surface area (Å²) in [5.74, 6) is 0. The number of nitrogens with two attached hydrogens (primary N) is 1. The van der Waals surface area contributed by atoms with Crippen LogP contribution >= 0.6 is 23.2 Å². The highest BCUT2D eigenvalue weighted by molar-refractivity contribution is 7.89. The third kappa shape index (κ3) is 4.22. The summed E-state index contributed by atoms with van der Waals surface area (Å²) >= 11 is 11.7. The number of sulfonamides is 1. The maximum atomic E-state index is 12.1. The van der Waals surface area contributed by atoms with Gasteiger partial charge in [0.2, 0.25) is 10.0 Å². The Hall–Kier alpha value is -0.530. The van der Waals surface area contributed by atoms with E-state index < -0.39 is 15.6 Å². The van der Waals surface area contributed by atoms with Crippen LogP contribution in [0, 0.1) is 0 Å². The first-order valence-corrected chi connectivity index (χ1v) is 7.79. The summed E-state index contributed by atoms with van der Waals surface area (Å²) in [5, 5.41) is 9.68. The number of nitrogen functional groups attached to an aromatic ring is 1. The maximum Gasteiger partial charge on any atom is 0.243 e. The highest BCUT2D eigenvalue weighted by Crippen LogP contribution is 2.31. The summed E-state index contributed by atoms with van der Waals surface area (Å²) < 4.78 is 26.5. The minimum atomic E-state index is -3.91. The molecule has 0 bridgehead atoms. The van der Waals surface area contributed by atoms with Crippen LogP contribution in [0.15, 0.2) is 17.0 Å². The topological polar surface area (TPSA) is 92.4 Å².